The van der Waals surface area contributed by atoms with Crippen LogP contribution in [0.2, 0.25) is 0 Å². The zero-order valence-corrected chi connectivity index (χ0v) is 12.2. The van der Waals surface area contributed by atoms with Crippen LogP contribution >= 0.6 is 11.3 Å². The van der Waals surface area contributed by atoms with Crippen molar-refractivity contribution in [2.45, 2.75) is 6.92 Å². The van der Waals surface area contributed by atoms with Crippen molar-refractivity contribution in [1.29, 1.82) is 0 Å². The Balaban J connectivity index is 1.84. The van der Waals surface area contributed by atoms with E-state index in [2.05, 4.69) is 27.1 Å². The van der Waals surface area contributed by atoms with Gasteiger partial charge in [-0.15, -0.1) is 11.3 Å². The Morgan fingerprint density at radius 3 is 2.71 bits per heavy atom. The Morgan fingerprint density at radius 2 is 1.90 bits per heavy atom. The average Bonchev–Trinajstić information content (AvgIpc) is 3.11. The summed E-state index contributed by atoms with van der Waals surface area (Å²) in [5, 5.41) is 1.02. The monoisotopic (exact) mass is 292 g/mol. The van der Waals surface area contributed by atoms with Crippen molar-refractivity contribution in [3.8, 4) is 21.1 Å². The van der Waals surface area contributed by atoms with Gasteiger partial charge in [-0.3, -0.25) is 4.40 Å². The second kappa shape index (κ2) is 4.79. The van der Waals surface area contributed by atoms with Gasteiger partial charge in [-0.1, -0.05) is 30.3 Å². The van der Waals surface area contributed by atoms with E-state index in [4.69, 9.17) is 0 Å². The van der Waals surface area contributed by atoms with E-state index in [0.717, 1.165) is 26.8 Å². The van der Waals surface area contributed by atoms with Crippen LogP contribution in [0.5, 0.6) is 0 Å². The number of benzene rings is 1. The number of rotatable bonds is 2. The van der Waals surface area contributed by atoms with E-state index in [0.29, 0.717) is 5.78 Å². The number of nitrogens with zero attached hydrogens (tertiary/aromatic N) is 4. The molecule has 5 heteroatoms. The van der Waals surface area contributed by atoms with Crippen LogP contribution in [-0.2, 0) is 0 Å². The molecule has 0 aliphatic carbocycles. The van der Waals surface area contributed by atoms with E-state index in [-0.39, 0.29) is 0 Å². The third-order valence-corrected chi connectivity index (χ3v) is 4.51. The molecule has 0 fully saturated rings. The number of aromatic nitrogens is 4. The second-order valence-corrected chi connectivity index (χ2v) is 5.75. The van der Waals surface area contributed by atoms with E-state index in [1.165, 1.54) is 0 Å². The lowest BCUT2D eigenvalue weighted by Crippen LogP contribution is -1.82. The first-order valence-electron chi connectivity index (χ1n) is 6.64. The fourth-order valence-electron chi connectivity index (χ4n) is 2.28. The molecule has 0 unspecified atom stereocenters. The molecule has 0 aliphatic heterocycles. The SMILES string of the molecule is Cc1nc(-c2ccccc2)sc1-c1cn2cccnc2n1. The van der Waals surface area contributed by atoms with Crippen molar-refractivity contribution < 1.29 is 0 Å². The molecule has 4 nitrogen and oxygen atoms in total. The normalized spacial score (nSPS) is 11.1. The number of imidazole rings is 1. The quantitative estimate of drug-likeness (QED) is 0.564. The molecule has 0 amide bonds. The summed E-state index contributed by atoms with van der Waals surface area (Å²) in [6.07, 6.45) is 5.70. The van der Waals surface area contributed by atoms with E-state index in [1.807, 2.05) is 48.0 Å². The minimum absolute atomic E-state index is 0.710. The summed E-state index contributed by atoms with van der Waals surface area (Å²) in [4.78, 5) is 14.6. The number of aryl methyl sites for hydroxylation is 1. The topological polar surface area (TPSA) is 43.1 Å². The molecule has 0 saturated heterocycles. The lowest BCUT2D eigenvalue weighted by Gasteiger charge is -1.92. The fraction of sp³-hybridized carbons (Fsp3) is 0.0625. The molecular weight excluding hydrogens is 280 g/mol. The molecule has 0 saturated carbocycles. The van der Waals surface area contributed by atoms with Crippen molar-refractivity contribution in [2.75, 3.05) is 0 Å². The molecule has 0 spiro atoms. The zero-order valence-electron chi connectivity index (χ0n) is 11.4. The molecule has 4 aromatic rings. The molecular formula is C16H12N4S. The molecule has 4 rings (SSSR count). The van der Waals surface area contributed by atoms with Gasteiger partial charge in [-0.2, -0.15) is 0 Å². The largest absolute Gasteiger partial charge is 0.290 e. The summed E-state index contributed by atoms with van der Waals surface area (Å²) in [7, 11) is 0. The molecule has 0 N–H and O–H groups in total. The van der Waals surface area contributed by atoms with Crippen LogP contribution in [0.1, 0.15) is 5.69 Å². The first-order valence-corrected chi connectivity index (χ1v) is 7.46. The Kier molecular flexibility index (Phi) is 2.79. The Morgan fingerprint density at radius 1 is 1.05 bits per heavy atom. The highest BCUT2D eigenvalue weighted by Gasteiger charge is 2.14. The number of hydrogen-bond donors (Lipinski definition) is 0. The lowest BCUT2D eigenvalue weighted by molar-refractivity contribution is 1.11. The Bertz CT molecular complexity index is 875. The van der Waals surface area contributed by atoms with Crippen LogP contribution in [0.4, 0.5) is 0 Å². The second-order valence-electron chi connectivity index (χ2n) is 4.75. The van der Waals surface area contributed by atoms with E-state index in [1.54, 1.807) is 17.5 Å². The highest BCUT2D eigenvalue weighted by atomic mass is 32.1. The van der Waals surface area contributed by atoms with Gasteiger partial charge < -0.3 is 0 Å². The maximum Gasteiger partial charge on any atom is 0.234 e. The molecule has 21 heavy (non-hydrogen) atoms. The molecule has 0 bridgehead atoms. The Labute approximate surface area is 125 Å². The van der Waals surface area contributed by atoms with Gasteiger partial charge in [0.05, 0.1) is 10.6 Å². The van der Waals surface area contributed by atoms with E-state index < -0.39 is 0 Å². The van der Waals surface area contributed by atoms with E-state index in [9.17, 15) is 0 Å². The summed E-state index contributed by atoms with van der Waals surface area (Å²) < 4.78 is 1.93. The van der Waals surface area contributed by atoms with Crippen LogP contribution in [0, 0.1) is 6.92 Å². The molecule has 0 atom stereocenters. The summed E-state index contributed by atoms with van der Waals surface area (Å²) in [5.41, 5.74) is 3.06. The predicted octanol–water partition coefficient (Wildman–Crippen LogP) is 3.83. The van der Waals surface area contributed by atoms with Crippen molar-refractivity contribution in [3.05, 3.63) is 60.7 Å². The van der Waals surface area contributed by atoms with Crippen molar-refractivity contribution in [2.24, 2.45) is 0 Å². The van der Waals surface area contributed by atoms with Crippen molar-refractivity contribution in [3.63, 3.8) is 0 Å². The van der Waals surface area contributed by atoms with E-state index >= 15 is 0 Å². The number of hydrogen-bond acceptors (Lipinski definition) is 4. The molecule has 0 radical (unpaired) electrons. The standard InChI is InChI=1S/C16H12N4S/c1-11-14(13-10-20-9-5-8-17-16(20)19-13)21-15(18-11)12-6-3-2-4-7-12/h2-10H,1H3. The molecule has 3 heterocycles. The zero-order chi connectivity index (χ0) is 14.2. The summed E-state index contributed by atoms with van der Waals surface area (Å²) in [6, 6.07) is 12.1. The highest BCUT2D eigenvalue weighted by molar-refractivity contribution is 7.18. The van der Waals surface area contributed by atoms with Crippen LogP contribution < -0.4 is 0 Å². The third-order valence-electron chi connectivity index (χ3n) is 3.29. The minimum atomic E-state index is 0.710. The van der Waals surface area contributed by atoms with Gasteiger partial charge in [0.15, 0.2) is 0 Å². The van der Waals surface area contributed by atoms with Gasteiger partial charge in [0.2, 0.25) is 5.78 Å². The smallest absolute Gasteiger partial charge is 0.234 e. The lowest BCUT2D eigenvalue weighted by atomic mass is 10.2. The third kappa shape index (κ3) is 2.11. The first kappa shape index (κ1) is 12.2. The van der Waals surface area contributed by atoms with Gasteiger partial charge in [0.1, 0.15) is 10.7 Å². The molecule has 1 aromatic carbocycles. The maximum atomic E-state index is 4.68. The van der Waals surface area contributed by atoms with Crippen molar-refractivity contribution >= 4 is 17.1 Å². The summed E-state index contributed by atoms with van der Waals surface area (Å²) in [6.45, 7) is 2.02. The van der Waals surface area contributed by atoms with Gasteiger partial charge in [0, 0.05) is 24.2 Å². The highest BCUT2D eigenvalue weighted by Crippen LogP contribution is 2.34. The van der Waals surface area contributed by atoms with Gasteiger partial charge >= 0.3 is 0 Å². The van der Waals surface area contributed by atoms with Crippen LogP contribution in [0.25, 0.3) is 26.9 Å². The fourth-order valence-corrected chi connectivity index (χ4v) is 3.30. The molecule has 3 aromatic heterocycles. The first-order chi connectivity index (χ1) is 10.3. The maximum absolute atomic E-state index is 4.68. The van der Waals surface area contributed by atoms with Crippen molar-refractivity contribution in [1.82, 2.24) is 19.4 Å². The molecule has 102 valence electrons. The predicted molar refractivity (Wildman–Crippen MR) is 84.3 cm³/mol. The van der Waals surface area contributed by atoms with Crippen LogP contribution in [0.3, 0.4) is 0 Å². The van der Waals surface area contributed by atoms with Crippen LogP contribution in [-0.4, -0.2) is 19.4 Å². The number of thiazole rings is 1. The summed E-state index contributed by atoms with van der Waals surface area (Å²) in [5.74, 6) is 0.710. The van der Waals surface area contributed by atoms with Crippen LogP contribution in [0.15, 0.2) is 55.0 Å². The van der Waals surface area contributed by atoms with Gasteiger partial charge in [0.25, 0.3) is 0 Å². The average molecular weight is 292 g/mol. The minimum Gasteiger partial charge on any atom is -0.290 e. The Hall–Kier alpha value is -2.53. The number of fused-ring (bicyclic) bond motifs is 1. The van der Waals surface area contributed by atoms with Gasteiger partial charge in [-0.05, 0) is 13.0 Å². The summed E-state index contributed by atoms with van der Waals surface area (Å²) >= 11 is 1.67. The van der Waals surface area contributed by atoms with Gasteiger partial charge in [-0.25, -0.2) is 15.0 Å². The molecule has 0 aliphatic rings.